The molecule has 0 radical (unpaired) electrons. The van der Waals surface area contributed by atoms with Gasteiger partial charge in [0, 0.05) is 31.1 Å². The van der Waals surface area contributed by atoms with Crippen LogP contribution in [0.2, 0.25) is 0 Å². The molecule has 2 heterocycles. The van der Waals surface area contributed by atoms with Gasteiger partial charge < -0.3 is 5.32 Å². The molecule has 1 atom stereocenters. The van der Waals surface area contributed by atoms with Gasteiger partial charge in [-0.25, -0.2) is 13.2 Å². The molecule has 1 aromatic carbocycles. The van der Waals surface area contributed by atoms with E-state index in [1.165, 1.54) is 11.3 Å². The average Bonchev–Trinajstić information content (AvgIpc) is 3.00. The second kappa shape index (κ2) is 6.17. The Kier molecular flexibility index (Phi) is 4.28. The quantitative estimate of drug-likeness (QED) is 0.876. The molecule has 21 heavy (non-hydrogen) atoms. The van der Waals surface area contributed by atoms with E-state index >= 15 is 0 Å². The number of hydrogen-bond donors (Lipinski definition) is 1. The highest BCUT2D eigenvalue weighted by molar-refractivity contribution is 7.10. The standard InChI is InChI=1S/C15H15F3N2S/c16-11-8-10(9-12(17)14(11)18)15(13-2-1-7-21-13)20-5-3-19-4-6-20/h1-2,7-9,15,19H,3-6H2/t15-/m1/s1. The lowest BCUT2D eigenvalue weighted by molar-refractivity contribution is 0.200. The Bertz CT molecular complexity index is 586. The Labute approximate surface area is 125 Å². The number of rotatable bonds is 3. The summed E-state index contributed by atoms with van der Waals surface area (Å²) in [6, 6.07) is 5.81. The van der Waals surface area contributed by atoms with Crippen molar-refractivity contribution in [2.24, 2.45) is 0 Å². The molecule has 6 heteroatoms. The van der Waals surface area contributed by atoms with Gasteiger partial charge in [-0.15, -0.1) is 11.3 Å². The molecule has 0 unspecified atom stereocenters. The summed E-state index contributed by atoms with van der Waals surface area (Å²) in [5, 5.41) is 5.18. The highest BCUT2D eigenvalue weighted by Crippen LogP contribution is 2.33. The summed E-state index contributed by atoms with van der Waals surface area (Å²) in [7, 11) is 0. The van der Waals surface area contributed by atoms with Crippen molar-refractivity contribution in [1.29, 1.82) is 0 Å². The fraction of sp³-hybridized carbons (Fsp3) is 0.333. The summed E-state index contributed by atoms with van der Waals surface area (Å²) in [6.45, 7) is 3.22. The van der Waals surface area contributed by atoms with Gasteiger partial charge in [0.25, 0.3) is 0 Å². The van der Waals surface area contributed by atoms with Gasteiger partial charge in [0.1, 0.15) is 0 Å². The van der Waals surface area contributed by atoms with Crippen molar-refractivity contribution in [3.05, 3.63) is 57.5 Å². The first kappa shape index (κ1) is 14.6. The minimum absolute atomic E-state index is 0.239. The number of halogens is 3. The van der Waals surface area contributed by atoms with Crippen molar-refractivity contribution in [2.75, 3.05) is 26.2 Å². The molecule has 2 aromatic rings. The predicted molar refractivity (Wildman–Crippen MR) is 76.9 cm³/mol. The maximum Gasteiger partial charge on any atom is 0.194 e. The van der Waals surface area contributed by atoms with E-state index in [0.29, 0.717) is 5.56 Å². The number of piperazine rings is 1. The van der Waals surface area contributed by atoms with Crippen molar-refractivity contribution in [3.63, 3.8) is 0 Å². The van der Waals surface area contributed by atoms with Crippen LogP contribution in [0, 0.1) is 17.5 Å². The number of benzene rings is 1. The molecule has 0 saturated carbocycles. The molecule has 1 aliphatic rings. The van der Waals surface area contributed by atoms with Crippen LogP contribution < -0.4 is 5.32 Å². The van der Waals surface area contributed by atoms with Crippen LogP contribution in [0.25, 0.3) is 0 Å². The van der Waals surface area contributed by atoms with E-state index in [-0.39, 0.29) is 6.04 Å². The summed E-state index contributed by atoms with van der Waals surface area (Å²) >= 11 is 1.53. The number of hydrogen-bond acceptors (Lipinski definition) is 3. The maximum absolute atomic E-state index is 13.6. The maximum atomic E-state index is 13.6. The topological polar surface area (TPSA) is 15.3 Å². The third-order valence-electron chi connectivity index (χ3n) is 3.65. The number of thiophene rings is 1. The first-order valence-corrected chi connectivity index (χ1v) is 7.67. The van der Waals surface area contributed by atoms with Crippen LogP contribution in [0.3, 0.4) is 0 Å². The van der Waals surface area contributed by atoms with E-state index in [2.05, 4.69) is 10.2 Å². The van der Waals surface area contributed by atoms with Crippen LogP contribution in [0.15, 0.2) is 29.6 Å². The molecule has 1 aliphatic heterocycles. The Morgan fingerprint density at radius 3 is 2.33 bits per heavy atom. The number of nitrogens with one attached hydrogen (secondary N) is 1. The molecule has 1 fully saturated rings. The van der Waals surface area contributed by atoms with Crippen molar-refractivity contribution in [3.8, 4) is 0 Å². The fourth-order valence-corrected chi connectivity index (χ4v) is 3.56. The van der Waals surface area contributed by atoms with Crippen molar-refractivity contribution in [1.82, 2.24) is 10.2 Å². The minimum Gasteiger partial charge on any atom is -0.314 e. The Hall–Kier alpha value is -1.37. The molecule has 1 N–H and O–H groups in total. The summed E-state index contributed by atoms with van der Waals surface area (Å²) < 4.78 is 40.3. The van der Waals surface area contributed by atoms with E-state index in [1.807, 2.05) is 17.5 Å². The fourth-order valence-electron chi connectivity index (χ4n) is 2.68. The average molecular weight is 312 g/mol. The van der Waals surface area contributed by atoms with Crippen LogP contribution >= 0.6 is 11.3 Å². The minimum atomic E-state index is -1.41. The van der Waals surface area contributed by atoms with E-state index in [0.717, 1.165) is 43.2 Å². The molecule has 0 spiro atoms. The van der Waals surface area contributed by atoms with E-state index < -0.39 is 17.5 Å². The third kappa shape index (κ3) is 2.97. The van der Waals surface area contributed by atoms with Crippen molar-refractivity contribution in [2.45, 2.75) is 6.04 Å². The largest absolute Gasteiger partial charge is 0.314 e. The highest BCUT2D eigenvalue weighted by Gasteiger charge is 2.26. The molecular formula is C15H15F3N2S. The van der Waals surface area contributed by atoms with Gasteiger partial charge >= 0.3 is 0 Å². The smallest absolute Gasteiger partial charge is 0.194 e. The molecule has 2 nitrogen and oxygen atoms in total. The Balaban J connectivity index is 2.02. The lowest BCUT2D eigenvalue weighted by Gasteiger charge is -2.34. The van der Waals surface area contributed by atoms with Gasteiger partial charge in [-0.3, -0.25) is 4.90 Å². The predicted octanol–water partition coefficient (Wildman–Crippen LogP) is 3.16. The van der Waals surface area contributed by atoms with Gasteiger partial charge in [0.05, 0.1) is 6.04 Å². The molecule has 3 rings (SSSR count). The van der Waals surface area contributed by atoms with Crippen LogP contribution in [0.4, 0.5) is 13.2 Å². The van der Waals surface area contributed by atoms with Gasteiger partial charge in [0.2, 0.25) is 0 Å². The monoisotopic (exact) mass is 312 g/mol. The zero-order valence-corrected chi connectivity index (χ0v) is 12.1. The number of nitrogens with zero attached hydrogens (tertiary/aromatic N) is 1. The first-order valence-electron chi connectivity index (χ1n) is 6.79. The normalized spacial score (nSPS) is 17.9. The molecule has 0 bridgehead atoms. The highest BCUT2D eigenvalue weighted by atomic mass is 32.1. The van der Waals surface area contributed by atoms with Crippen molar-refractivity contribution >= 4 is 11.3 Å². The first-order chi connectivity index (χ1) is 10.2. The van der Waals surface area contributed by atoms with E-state index in [4.69, 9.17) is 0 Å². The molecule has 1 aromatic heterocycles. The Morgan fingerprint density at radius 1 is 1.10 bits per heavy atom. The zero-order chi connectivity index (χ0) is 14.8. The second-order valence-electron chi connectivity index (χ2n) is 5.00. The second-order valence-corrected chi connectivity index (χ2v) is 5.98. The van der Waals surface area contributed by atoms with E-state index in [1.54, 1.807) is 0 Å². The van der Waals surface area contributed by atoms with Gasteiger partial charge in [-0.2, -0.15) is 0 Å². The molecular weight excluding hydrogens is 297 g/mol. The van der Waals surface area contributed by atoms with Gasteiger partial charge in [-0.05, 0) is 29.1 Å². The van der Waals surface area contributed by atoms with E-state index in [9.17, 15) is 13.2 Å². The van der Waals surface area contributed by atoms with Crippen LogP contribution in [-0.4, -0.2) is 31.1 Å². The SMILES string of the molecule is Fc1cc([C@H](c2cccs2)N2CCNCC2)cc(F)c1F. The lowest BCUT2D eigenvalue weighted by Crippen LogP contribution is -2.45. The zero-order valence-electron chi connectivity index (χ0n) is 11.3. The van der Waals surface area contributed by atoms with Gasteiger partial charge in [0.15, 0.2) is 17.5 Å². The van der Waals surface area contributed by atoms with Gasteiger partial charge in [-0.1, -0.05) is 6.07 Å². The van der Waals surface area contributed by atoms with Crippen LogP contribution in [0.5, 0.6) is 0 Å². The molecule has 0 amide bonds. The van der Waals surface area contributed by atoms with Crippen LogP contribution in [0.1, 0.15) is 16.5 Å². The van der Waals surface area contributed by atoms with Crippen LogP contribution in [-0.2, 0) is 0 Å². The van der Waals surface area contributed by atoms with Crippen molar-refractivity contribution < 1.29 is 13.2 Å². The lowest BCUT2D eigenvalue weighted by atomic mass is 10.0. The summed E-state index contributed by atoms with van der Waals surface area (Å²) in [6.07, 6.45) is 0. The Morgan fingerprint density at radius 2 is 1.76 bits per heavy atom. The summed E-state index contributed by atoms with van der Waals surface area (Å²) in [5.74, 6) is -3.69. The summed E-state index contributed by atoms with van der Waals surface area (Å²) in [4.78, 5) is 3.16. The third-order valence-corrected chi connectivity index (χ3v) is 4.58. The summed E-state index contributed by atoms with van der Waals surface area (Å²) in [5.41, 5.74) is 0.454. The molecule has 0 aliphatic carbocycles. The molecule has 112 valence electrons. The molecule has 1 saturated heterocycles.